The second-order valence-corrected chi connectivity index (χ2v) is 4.57. The van der Waals surface area contributed by atoms with Crippen molar-refractivity contribution in [1.29, 1.82) is 0 Å². The van der Waals surface area contributed by atoms with Gasteiger partial charge in [0, 0.05) is 12.2 Å². The molecule has 1 heterocycles. The van der Waals surface area contributed by atoms with E-state index < -0.39 is 11.6 Å². The zero-order valence-electron chi connectivity index (χ0n) is 9.95. The molecule has 0 amide bonds. The van der Waals surface area contributed by atoms with E-state index in [9.17, 15) is 8.78 Å². The molecule has 0 bridgehead atoms. The van der Waals surface area contributed by atoms with Crippen LogP contribution in [0.1, 0.15) is 24.6 Å². The number of halogens is 2. The first-order valence-corrected chi connectivity index (χ1v) is 5.91. The molecule has 2 aromatic rings. The highest BCUT2D eigenvalue weighted by atomic mass is 19.2. The predicted octanol–water partition coefficient (Wildman–Crippen LogP) is 3.55. The number of imidazole rings is 1. The molecular formula is C13H13F2N3. The third-order valence-electron chi connectivity index (χ3n) is 2.99. The summed E-state index contributed by atoms with van der Waals surface area (Å²) in [6, 6.07) is 4.50. The Balaban J connectivity index is 1.94. The molecule has 1 aliphatic rings. The fourth-order valence-electron chi connectivity index (χ4n) is 1.96. The summed E-state index contributed by atoms with van der Waals surface area (Å²) >= 11 is 0. The molecule has 1 aromatic carbocycles. The maximum Gasteiger partial charge on any atom is 0.207 e. The second-order valence-electron chi connectivity index (χ2n) is 4.57. The summed E-state index contributed by atoms with van der Waals surface area (Å²) in [5, 5.41) is 2.86. The first kappa shape index (κ1) is 11.2. The molecule has 1 aliphatic carbocycles. The molecule has 3 rings (SSSR count). The van der Waals surface area contributed by atoms with E-state index in [1.165, 1.54) is 12.1 Å². The Morgan fingerprint density at radius 1 is 1.33 bits per heavy atom. The summed E-state index contributed by atoms with van der Waals surface area (Å²) in [4.78, 5) is 4.30. The van der Waals surface area contributed by atoms with Crippen LogP contribution >= 0.6 is 0 Å². The first-order valence-electron chi connectivity index (χ1n) is 5.91. The van der Waals surface area contributed by atoms with Gasteiger partial charge in [-0.05, 0) is 31.9 Å². The van der Waals surface area contributed by atoms with Crippen molar-refractivity contribution in [2.75, 3.05) is 5.32 Å². The van der Waals surface area contributed by atoms with Crippen molar-refractivity contribution in [2.24, 2.45) is 0 Å². The quantitative estimate of drug-likeness (QED) is 0.901. The molecule has 1 N–H and O–H groups in total. The highest BCUT2D eigenvalue weighted by Gasteiger charge is 2.26. The molecule has 1 fully saturated rings. The number of nitrogens with one attached hydrogen (secondary N) is 1. The van der Waals surface area contributed by atoms with Crippen LogP contribution in [-0.4, -0.2) is 9.55 Å². The monoisotopic (exact) mass is 249 g/mol. The van der Waals surface area contributed by atoms with Crippen molar-refractivity contribution in [3.63, 3.8) is 0 Å². The number of hydrogen-bond acceptors (Lipinski definition) is 2. The van der Waals surface area contributed by atoms with Crippen LogP contribution in [0.2, 0.25) is 0 Å². The minimum Gasteiger partial charge on any atom is -0.323 e. The van der Waals surface area contributed by atoms with E-state index in [1.807, 2.05) is 17.7 Å². The highest BCUT2D eigenvalue weighted by Crippen LogP contribution is 2.38. The minimum atomic E-state index is -0.875. The topological polar surface area (TPSA) is 29.9 Å². The number of aryl methyl sites for hydroxylation is 1. The van der Waals surface area contributed by atoms with Gasteiger partial charge in [-0.3, -0.25) is 0 Å². The Hall–Kier alpha value is -1.91. The Labute approximate surface area is 103 Å². The van der Waals surface area contributed by atoms with Crippen LogP contribution in [0.3, 0.4) is 0 Å². The summed E-state index contributed by atoms with van der Waals surface area (Å²) in [6.07, 6.45) is 4.14. The van der Waals surface area contributed by atoms with Gasteiger partial charge in [0.25, 0.3) is 0 Å². The van der Waals surface area contributed by atoms with Gasteiger partial charge in [0.05, 0.1) is 11.4 Å². The van der Waals surface area contributed by atoms with E-state index >= 15 is 0 Å². The molecule has 3 nitrogen and oxygen atoms in total. The van der Waals surface area contributed by atoms with Crippen LogP contribution in [0, 0.1) is 18.6 Å². The number of aromatic nitrogens is 2. The summed E-state index contributed by atoms with van der Waals surface area (Å²) in [6.45, 7) is 1.88. The molecule has 0 saturated heterocycles. The Bertz CT molecular complexity index is 588. The standard InChI is InChI=1S/C13H13F2N3/c1-8-7-18(9-5-6-9)13(16-8)17-11-4-2-3-10(14)12(11)15/h2-4,7,9H,5-6H2,1H3,(H,16,17). The van der Waals surface area contributed by atoms with Gasteiger partial charge in [-0.1, -0.05) is 6.07 Å². The molecule has 0 atom stereocenters. The van der Waals surface area contributed by atoms with Gasteiger partial charge in [-0.2, -0.15) is 0 Å². The molecule has 0 radical (unpaired) electrons. The van der Waals surface area contributed by atoms with Crippen LogP contribution in [0.5, 0.6) is 0 Å². The number of hydrogen-bond donors (Lipinski definition) is 1. The zero-order chi connectivity index (χ0) is 12.7. The third-order valence-corrected chi connectivity index (χ3v) is 2.99. The van der Waals surface area contributed by atoms with Gasteiger partial charge < -0.3 is 9.88 Å². The smallest absolute Gasteiger partial charge is 0.207 e. The van der Waals surface area contributed by atoms with Crippen LogP contribution in [0.15, 0.2) is 24.4 Å². The first-order chi connectivity index (χ1) is 8.65. The summed E-state index contributed by atoms with van der Waals surface area (Å²) in [5.41, 5.74) is 0.976. The fourth-order valence-corrected chi connectivity index (χ4v) is 1.96. The van der Waals surface area contributed by atoms with E-state index in [0.717, 1.165) is 24.6 Å². The molecule has 1 aromatic heterocycles. The maximum atomic E-state index is 13.6. The predicted molar refractivity (Wildman–Crippen MR) is 64.9 cm³/mol. The lowest BCUT2D eigenvalue weighted by molar-refractivity contribution is 0.511. The molecule has 0 aliphatic heterocycles. The Morgan fingerprint density at radius 2 is 2.11 bits per heavy atom. The maximum absolute atomic E-state index is 13.6. The van der Waals surface area contributed by atoms with E-state index in [2.05, 4.69) is 10.3 Å². The minimum absolute atomic E-state index is 0.113. The largest absolute Gasteiger partial charge is 0.323 e. The van der Waals surface area contributed by atoms with Crippen molar-refractivity contribution in [3.8, 4) is 0 Å². The molecule has 5 heteroatoms. The lowest BCUT2D eigenvalue weighted by atomic mass is 10.3. The van der Waals surface area contributed by atoms with Gasteiger partial charge >= 0.3 is 0 Å². The average molecular weight is 249 g/mol. The summed E-state index contributed by atoms with van der Waals surface area (Å²) < 4.78 is 28.7. The van der Waals surface area contributed by atoms with Crippen molar-refractivity contribution in [2.45, 2.75) is 25.8 Å². The van der Waals surface area contributed by atoms with Gasteiger partial charge in [0.1, 0.15) is 0 Å². The average Bonchev–Trinajstić information content (AvgIpc) is 3.10. The SMILES string of the molecule is Cc1cn(C2CC2)c(Nc2cccc(F)c2F)n1. The molecular weight excluding hydrogens is 236 g/mol. The molecule has 18 heavy (non-hydrogen) atoms. The van der Waals surface area contributed by atoms with Gasteiger partial charge in [0.15, 0.2) is 11.6 Å². The van der Waals surface area contributed by atoms with Gasteiger partial charge in [-0.15, -0.1) is 0 Å². The number of rotatable bonds is 3. The number of benzene rings is 1. The van der Waals surface area contributed by atoms with E-state index in [1.54, 1.807) is 0 Å². The van der Waals surface area contributed by atoms with Crippen LogP contribution in [0.4, 0.5) is 20.4 Å². The Kier molecular flexibility index (Phi) is 2.54. The van der Waals surface area contributed by atoms with E-state index in [0.29, 0.717) is 12.0 Å². The summed E-state index contributed by atoms with van der Waals surface area (Å²) in [7, 11) is 0. The van der Waals surface area contributed by atoms with Crippen molar-refractivity contribution in [3.05, 3.63) is 41.7 Å². The highest BCUT2D eigenvalue weighted by molar-refractivity contribution is 5.55. The molecule has 1 saturated carbocycles. The van der Waals surface area contributed by atoms with Gasteiger partial charge in [0.2, 0.25) is 5.95 Å². The van der Waals surface area contributed by atoms with Gasteiger partial charge in [-0.25, -0.2) is 13.8 Å². The zero-order valence-corrected chi connectivity index (χ0v) is 9.95. The second kappa shape index (κ2) is 4.08. The lowest BCUT2D eigenvalue weighted by Gasteiger charge is -2.09. The van der Waals surface area contributed by atoms with Crippen molar-refractivity contribution < 1.29 is 8.78 Å². The Morgan fingerprint density at radius 3 is 2.83 bits per heavy atom. The molecule has 0 unspecified atom stereocenters. The molecule has 94 valence electrons. The molecule has 0 spiro atoms. The number of anilines is 2. The fraction of sp³-hybridized carbons (Fsp3) is 0.308. The van der Waals surface area contributed by atoms with Crippen LogP contribution in [0.25, 0.3) is 0 Å². The van der Waals surface area contributed by atoms with E-state index in [4.69, 9.17) is 0 Å². The van der Waals surface area contributed by atoms with E-state index in [-0.39, 0.29) is 5.69 Å². The van der Waals surface area contributed by atoms with Crippen molar-refractivity contribution in [1.82, 2.24) is 9.55 Å². The third kappa shape index (κ3) is 1.96. The summed E-state index contributed by atoms with van der Waals surface area (Å²) in [5.74, 6) is -1.17. The van der Waals surface area contributed by atoms with Crippen LogP contribution in [-0.2, 0) is 0 Å². The lowest BCUT2D eigenvalue weighted by Crippen LogP contribution is -2.03. The normalized spacial score (nSPS) is 14.8. The van der Waals surface area contributed by atoms with Crippen LogP contribution < -0.4 is 5.32 Å². The van der Waals surface area contributed by atoms with Crippen molar-refractivity contribution >= 4 is 11.6 Å². The number of nitrogens with zero attached hydrogens (tertiary/aromatic N) is 2.